The molecular formula is C13H16ClN3O2S. The molecule has 0 aliphatic carbocycles. The summed E-state index contributed by atoms with van der Waals surface area (Å²) in [6.07, 6.45) is 2.84. The molecule has 0 amide bonds. The molecule has 0 aliphatic heterocycles. The maximum atomic E-state index is 12.5. The van der Waals surface area contributed by atoms with Crippen molar-refractivity contribution in [3.05, 3.63) is 47.2 Å². The fourth-order valence-electron chi connectivity index (χ4n) is 1.86. The van der Waals surface area contributed by atoms with Gasteiger partial charge in [0.15, 0.2) is 0 Å². The zero-order valence-electron chi connectivity index (χ0n) is 11.3. The van der Waals surface area contributed by atoms with Crippen LogP contribution in [-0.2, 0) is 23.6 Å². The van der Waals surface area contributed by atoms with Crippen molar-refractivity contribution in [2.45, 2.75) is 18.4 Å². The smallest absolute Gasteiger partial charge is 0.246 e. The molecule has 2 rings (SSSR count). The summed E-state index contributed by atoms with van der Waals surface area (Å²) < 4.78 is 27.9. The van der Waals surface area contributed by atoms with E-state index in [0.29, 0.717) is 11.6 Å². The first-order valence-corrected chi connectivity index (χ1v) is 7.99. The fraction of sp³-hybridized carbons (Fsp3) is 0.308. The van der Waals surface area contributed by atoms with E-state index in [2.05, 4.69) is 5.10 Å². The Bertz CT molecular complexity index is 697. The lowest BCUT2D eigenvalue weighted by Crippen LogP contribution is -2.30. The van der Waals surface area contributed by atoms with Crippen LogP contribution < -0.4 is 0 Å². The summed E-state index contributed by atoms with van der Waals surface area (Å²) in [5.74, 6) is 0. The molecule has 0 saturated heterocycles. The van der Waals surface area contributed by atoms with Gasteiger partial charge in [-0.15, -0.1) is 0 Å². The molecule has 1 heterocycles. The second-order valence-corrected chi connectivity index (χ2v) is 6.72. The van der Waals surface area contributed by atoms with Crippen LogP contribution in [0.15, 0.2) is 41.6 Å². The van der Waals surface area contributed by atoms with Crippen molar-refractivity contribution in [1.82, 2.24) is 14.1 Å². The first kappa shape index (κ1) is 15.0. The van der Waals surface area contributed by atoms with E-state index in [1.165, 1.54) is 21.4 Å². The maximum absolute atomic E-state index is 12.5. The van der Waals surface area contributed by atoms with Crippen molar-refractivity contribution in [3.8, 4) is 0 Å². The number of aromatic nitrogens is 2. The van der Waals surface area contributed by atoms with Crippen LogP contribution in [0, 0.1) is 0 Å². The summed E-state index contributed by atoms with van der Waals surface area (Å²) in [5, 5.41) is 4.47. The molecule has 7 heteroatoms. The van der Waals surface area contributed by atoms with Gasteiger partial charge in [0.05, 0.1) is 6.20 Å². The maximum Gasteiger partial charge on any atom is 0.246 e. The van der Waals surface area contributed by atoms with Gasteiger partial charge >= 0.3 is 0 Å². The van der Waals surface area contributed by atoms with E-state index in [1.54, 1.807) is 20.0 Å². The van der Waals surface area contributed by atoms with E-state index < -0.39 is 10.0 Å². The Balaban J connectivity index is 2.31. The predicted octanol–water partition coefficient (Wildman–Crippen LogP) is 2.28. The first-order valence-electron chi connectivity index (χ1n) is 6.17. The monoisotopic (exact) mass is 313 g/mol. The number of aryl methyl sites for hydroxylation is 1. The van der Waals surface area contributed by atoms with E-state index in [-0.39, 0.29) is 11.4 Å². The summed E-state index contributed by atoms with van der Waals surface area (Å²) in [4.78, 5) is 0.189. The van der Waals surface area contributed by atoms with Gasteiger partial charge in [-0.1, -0.05) is 36.7 Å². The second kappa shape index (κ2) is 5.95. The van der Waals surface area contributed by atoms with E-state index >= 15 is 0 Å². The molecule has 0 spiro atoms. The summed E-state index contributed by atoms with van der Waals surface area (Å²) >= 11 is 6.09. The number of rotatable bonds is 5. The molecule has 1 aromatic carbocycles. The third-order valence-corrected chi connectivity index (χ3v) is 5.22. The minimum Gasteiger partial charge on any atom is -0.274 e. The molecule has 1 aromatic heterocycles. The zero-order valence-corrected chi connectivity index (χ0v) is 12.9. The Labute approximate surface area is 123 Å². The van der Waals surface area contributed by atoms with Gasteiger partial charge in [-0.2, -0.15) is 9.40 Å². The number of halogens is 1. The quantitative estimate of drug-likeness (QED) is 0.851. The summed E-state index contributed by atoms with van der Waals surface area (Å²) in [6, 6.07) is 7.23. The van der Waals surface area contributed by atoms with Crippen molar-refractivity contribution in [2.75, 3.05) is 6.54 Å². The number of sulfonamides is 1. The largest absolute Gasteiger partial charge is 0.274 e. The summed E-state index contributed by atoms with van der Waals surface area (Å²) in [7, 11) is -1.87. The minimum atomic E-state index is -3.55. The van der Waals surface area contributed by atoms with Gasteiger partial charge in [0.1, 0.15) is 4.90 Å². The lowest BCUT2D eigenvalue weighted by molar-refractivity contribution is 0.423. The average Bonchev–Trinajstić information content (AvgIpc) is 2.85. The third-order valence-electron chi connectivity index (χ3n) is 2.98. The van der Waals surface area contributed by atoms with E-state index in [9.17, 15) is 8.42 Å². The van der Waals surface area contributed by atoms with Gasteiger partial charge in [0.25, 0.3) is 0 Å². The van der Waals surface area contributed by atoms with Crippen LogP contribution in [0.2, 0.25) is 5.02 Å². The van der Waals surface area contributed by atoms with Crippen LogP contribution in [0.4, 0.5) is 0 Å². The zero-order chi connectivity index (χ0) is 14.8. The number of hydrogen-bond acceptors (Lipinski definition) is 3. The molecule has 0 saturated carbocycles. The van der Waals surface area contributed by atoms with Gasteiger partial charge in [-0.05, 0) is 11.6 Å². The molecule has 0 radical (unpaired) electrons. The lowest BCUT2D eigenvalue weighted by atomic mass is 10.2. The molecule has 108 valence electrons. The molecule has 0 fully saturated rings. The van der Waals surface area contributed by atoms with E-state index in [4.69, 9.17) is 11.6 Å². The van der Waals surface area contributed by atoms with Crippen molar-refractivity contribution in [1.29, 1.82) is 0 Å². The fourth-order valence-corrected chi connectivity index (χ4v) is 3.47. The molecule has 0 atom stereocenters. The highest BCUT2D eigenvalue weighted by Crippen LogP contribution is 2.21. The van der Waals surface area contributed by atoms with Crippen molar-refractivity contribution >= 4 is 21.6 Å². The first-order chi connectivity index (χ1) is 9.45. The van der Waals surface area contributed by atoms with Crippen LogP contribution in [0.25, 0.3) is 0 Å². The standard InChI is InChI=1S/C13H16ClN3O2S/c1-3-17(9-11-6-4-5-7-13(11)14)20(18,19)12-8-15-16(2)10-12/h4-8,10H,3,9H2,1-2H3. The Morgan fingerprint density at radius 3 is 2.60 bits per heavy atom. The second-order valence-electron chi connectivity index (χ2n) is 4.37. The lowest BCUT2D eigenvalue weighted by Gasteiger charge is -2.20. The van der Waals surface area contributed by atoms with Crippen LogP contribution in [-0.4, -0.2) is 29.0 Å². The molecule has 2 aromatic rings. The molecule has 5 nitrogen and oxygen atoms in total. The van der Waals surface area contributed by atoms with Gasteiger partial charge in [-0.25, -0.2) is 8.42 Å². The van der Waals surface area contributed by atoms with Gasteiger partial charge in [0, 0.05) is 31.4 Å². The van der Waals surface area contributed by atoms with Crippen molar-refractivity contribution < 1.29 is 8.42 Å². The highest BCUT2D eigenvalue weighted by Gasteiger charge is 2.25. The molecule has 0 bridgehead atoms. The Morgan fingerprint density at radius 2 is 2.05 bits per heavy atom. The van der Waals surface area contributed by atoms with Gasteiger partial charge in [-0.3, -0.25) is 4.68 Å². The molecule has 0 unspecified atom stereocenters. The van der Waals surface area contributed by atoms with Gasteiger partial charge < -0.3 is 0 Å². The predicted molar refractivity (Wildman–Crippen MR) is 77.9 cm³/mol. The van der Waals surface area contributed by atoms with Crippen molar-refractivity contribution in [2.24, 2.45) is 7.05 Å². The minimum absolute atomic E-state index is 0.189. The highest BCUT2D eigenvalue weighted by atomic mass is 35.5. The van der Waals surface area contributed by atoms with Crippen LogP contribution in [0.3, 0.4) is 0 Å². The third kappa shape index (κ3) is 3.03. The normalized spacial score (nSPS) is 12.0. The van der Waals surface area contributed by atoms with Gasteiger partial charge in [0.2, 0.25) is 10.0 Å². The number of hydrogen-bond donors (Lipinski definition) is 0. The molecule has 0 aliphatic rings. The topological polar surface area (TPSA) is 55.2 Å². The van der Waals surface area contributed by atoms with Crippen molar-refractivity contribution in [3.63, 3.8) is 0 Å². The summed E-state index contributed by atoms with van der Waals surface area (Å²) in [6.45, 7) is 2.40. The van der Waals surface area contributed by atoms with Crippen LogP contribution >= 0.6 is 11.6 Å². The average molecular weight is 314 g/mol. The Morgan fingerprint density at radius 1 is 1.35 bits per heavy atom. The molecule has 20 heavy (non-hydrogen) atoms. The van der Waals surface area contributed by atoms with Crippen LogP contribution in [0.1, 0.15) is 12.5 Å². The van der Waals surface area contributed by atoms with E-state index in [1.807, 2.05) is 18.2 Å². The number of benzene rings is 1. The Kier molecular flexibility index (Phi) is 4.47. The van der Waals surface area contributed by atoms with Crippen LogP contribution in [0.5, 0.6) is 0 Å². The number of nitrogens with zero attached hydrogens (tertiary/aromatic N) is 3. The molecule has 0 N–H and O–H groups in total. The summed E-state index contributed by atoms with van der Waals surface area (Å²) in [5.41, 5.74) is 0.781. The SMILES string of the molecule is CCN(Cc1ccccc1Cl)S(=O)(=O)c1cnn(C)c1. The Hall–Kier alpha value is -1.37. The highest BCUT2D eigenvalue weighted by molar-refractivity contribution is 7.89. The van der Waals surface area contributed by atoms with E-state index in [0.717, 1.165) is 5.56 Å². The molecular weight excluding hydrogens is 298 g/mol.